The summed E-state index contributed by atoms with van der Waals surface area (Å²) in [6.07, 6.45) is 2.73. The minimum absolute atomic E-state index is 0.0737. The summed E-state index contributed by atoms with van der Waals surface area (Å²) in [5.74, 6) is 0.565. The lowest BCUT2D eigenvalue weighted by Crippen LogP contribution is -2.49. The summed E-state index contributed by atoms with van der Waals surface area (Å²) in [4.78, 5) is 6.55. The van der Waals surface area contributed by atoms with Gasteiger partial charge in [0.15, 0.2) is 5.03 Å². The molecular formula is C10H20N4O2S. The van der Waals surface area contributed by atoms with Crippen molar-refractivity contribution >= 4 is 10.0 Å². The van der Waals surface area contributed by atoms with Crippen molar-refractivity contribution in [3.8, 4) is 0 Å². The molecule has 1 aromatic heterocycles. The molecule has 0 aromatic carbocycles. The second-order valence-electron chi connectivity index (χ2n) is 4.23. The molecule has 6 nitrogen and oxygen atoms in total. The Morgan fingerprint density at radius 2 is 2.06 bits per heavy atom. The third-order valence-electron chi connectivity index (χ3n) is 2.99. The fourth-order valence-electron chi connectivity index (χ4n) is 1.35. The maximum absolute atomic E-state index is 11.9. The Balaban J connectivity index is 2.75. The first-order chi connectivity index (χ1) is 7.83. The molecule has 0 saturated carbocycles. The monoisotopic (exact) mass is 260 g/mol. The van der Waals surface area contributed by atoms with Gasteiger partial charge in [0.05, 0.1) is 6.20 Å². The fourth-order valence-corrected chi connectivity index (χ4v) is 2.46. The number of aromatic amines is 1. The van der Waals surface area contributed by atoms with Crippen molar-refractivity contribution < 1.29 is 8.42 Å². The highest BCUT2D eigenvalue weighted by Crippen LogP contribution is 2.12. The summed E-state index contributed by atoms with van der Waals surface area (Å²) in [5.41, 5.74) is 5.54. The van der Waals surface area contributed by atoms with Crippen LogP contribution in [0.4, 0.5) is 0 Å². The second kappa shape index (κ2) is 5.16. The van der Waals surface area contributed by atoms with Gasteiger partial charge >= 0.3 is 0 Å². The Morgan fingerprint density at radius 3 is 2.47 bits per heavy atom. The smallest absolute Gasteiger partial charge is 0.257 e. The van der Waals surface area contributed by atoms with Gasteiger partial charge in [-0.1, -0.05) is 13.8 Å². The van der Waals surface area contributed by atoms with E-state index in [0.29, 0.717) is 18.7 Å². The van der Waals surface area contributed by atoms with Gasteiger partial charge in [0.1, 0.15) is 5.82 Å². The summed E-state index contributed by atoms with van der Waals surface area (Å²) in [5, 5.41) is 0.0737. The van der Waals surface area contributed by atoms with Crippen LogP contribution in [0.15, 0.2) is 11.2 Å². The number of hydrogen-bond acceptors (Lipinski definition) is 4. The summed E-state index contributed by atoms with van der Waals surface area (Å²) in [6.45, 7) is 5.81. The van der Waals surface area contributed by atoms with Crippen LogP contribution in [-0.4, -0.2) is 30.5 Å². The van der Waals surface area contributed by atoms with E-state index in [1.54, 1.807) is 6.92 Å². The Bertz CT molecular complexity index is 462. The van der Waals surface area contributed by atoms with Crippen LogP contribution in [0.1, 0.15) is 32.5 Å². The van der Waals surface area contributed by atoms with Crippen molar-refractivity contribution in [2.24, 2.45) is 5.73 Å². The zero-order valence-electron chi connectivity index (χ0n) is 10.4. The number of hydrogen-bond donors (Lipinski definition) is 3. The van der Waals surface area contributed by atoms with E-state index in [-0.39, 0.29) is 11.6 Å². The van der Waals surface area contributed by atoms with Crippen molar-refractivity contribution in [3.63, 3.8) is 0 Å². The zero-order valence-corrected chi connectivity index (χ0v) is 11.3. The molecule has 0 aliphatic carbocycles. The topological polar surface area (TPSA) is 101 Å². The Labute approximate surface area is 102 Å². The molecule has 0 bridgehead atoms. The molecule has 1 aromatic rings. The number of nitrogens with zero attached hydrogens (tertiary/aromatic N) is 1. The lowest BCUT2D eigenvalue weighted by atomic mass is 9.95. The molecule has 0 radical (unpaired) electrons. The Hall–Kier alpha value is -0.920. The molecule has 0 unspecified atom stereocenters. The van der Waals surface area contributed by atoms with E-state index in [0.717, 1.165) is 0 Å². The van der Waals surface area contributed by atoms with Crippen molar-refractivity contribution in [1.82, 2.24) is 14.7 Å². The predicted octanol–water partition coefficient (Wildman–Crippen LogP) is 0.514. The zero-order chi connectivity index (χ0) is 13.1. The standard InChI is InChI=1S/C10H20N4O2S/c1-4-10(11,5-2)7-13-17(15,16)9-6-12-8(3)14-9/h6,13H,4-5,7,11H2,1-3H3,(H,12,14). The van der Waals surface area contributed by atoms with Crippen LogP contribution in [0, 0.1) is 6.92 Å². The van der Waals surface area contributed by atoms with Crippen LogP contribution in [-0.2, 0) is 10.0 Å². The minimum atomic E-state index is -3.54. The number of rotatable bonds is 6. The highest BCUT2D eigenvalue weighted by molar-refractivity contribution is 7.89. The molecule has 0 amide bonds. The third-order valence-corrected chi connectivity index (χ3v) is 4.30. The first-order valence-electron chi connectivity index (χ1n) is 5.63. The van der Waals surface area contributed by atoms with Gasteiger partial charge in [0.2, 0.25) is 0 Å². The first kappa shape index (κ1) is 14.1. The summed E-state index contributed by atoms with van der Waals surface area (Å²) in [7, 11) is -3.54. The average Bonchev–Trinajstić information content (AvgIpc) is 2.74. The molecule has 98 valence electrons. The van der Waals surface area contributed by atoms with Gasteiger partial charge in [-0.05, 0) is 19.8 Å². The SMILES string of the molecule is CCC(N)(CC)CNS(=O)(=O)c1cnc(C)[nH]1. The van der Waals surface area contributed by atoms with Gasteiger partial charge in [-0.2, -0.15) is 0 Å². The molecule has 4 N–H and O–H groups in total. The summed E-state index contributed by atoms with van der Waals surface area (Å²) in [6, 6.07) is 0. The van der Waals surface area contributed by atoms with Crippen molar-refractivity contribution in [2.45, 2.75) is 44.2 Å². The molecule has 0 aliphatic rings. The Kier molecular flexibility index (Phi) is 4.29. The molecule has 17 heavy (non-hydrogen) atoms. The normalized spacial score (nSPS) is 12.9. The van der Waals surface area contributed by atoms with Crippen LogP contribution in [0.3, 0.4) is 0 Å². The van der Waals surface area contributed by atoms with Crippen LogP contribution < -0.4 is 10.5 Å². The molecule has 0 fully saturated rings. The lowest BCUT2D eigenvalue weighted by Gasteiger charge is -2.26. The van der Waals surface area contributed by atoms with Crippen molar-refractivity contribution in [2.75, 3.05) is 6.54 Å². The molecule has 0 atom stereocenters. The van der Waals surface area contributed by atoms with E-state index >= 15 is 0 Å². The number of aryl methyl sites for hydroxylation is 1. The molecule has 1 rings (SSSR count). The molecule has 0 spiro atoms. The second-order valence-corrected chi connectivity index (χ2v) is 5.96. The maximum Gasteiger partial charge on any atom is 0.257 e. The average molecular weight is 260 g/mol. The van der Waals surface area contributed by atoms with Crippen LogP contribution in [0.5, 0.6) is 0 Å². The number of imidazole rings is 1. The number of nitrogens with one attached hydrogen (secondary N) is 2. The van der Waals surface area contributed by atoms with Crippen LogP contribution >= 0.6 is 0 Å². The highest BCUT2D eigenvalue weighted by Gasteiger charge is 2.24. The van der Waals surface area contributed by atoms with E-state index in [1.807, 2.05) is 13.8 Å². The first-order valence-corrected chi connectivity index (χ1v) is 7.11. The highest BCUT2D eigenvalue weighted by atomic mass is 32.2. The van der Waals surface area contributed by atoms with Gasteiger partial charge in [-0.15, -0.1) is 0 Å². The van der Waals surface area contributed by atoms with Gasteiger partial charge < -0.3 is 10.7 Å². The number of nitrogens with two attached hydrogens (primary N) is 1. The van der Waals surface area contributed by atoms with E-state index in [1.165, 1.54) is 6.20 Å². The van der Waals surface area contributed by atoms with E-state index in [2.05, 4.69) is 14.7 Å². The molecule has 0 aliphatic heterocycles. The molecule has 7 heteroatoms. The summed E-state index contributed by atoms with van der Waals surface area (Å²) >= 11 is 0. The van der Waals surface area contributed by atoms with E-state index < -0.39 is 15.6 Å². The van der Waals surface area contributed by atoms with Crippen molar-refractivity contribution in [3.05, 3.63) is 12.0 Å². The minimum Gasteiger partial charge on any atom is -0.332 e. The van der Waals surface area contributed by atoms with Gasteiger partial charge in [0, 0.05) is 12.1 Å². The van der Waals surface area contributed by atoms with E-state index in [9.17, 15) is 8.42 Å². The van der Waals surface area contributed by atoms with Crippen molar-refractivity contribution in [1.29, 1.82) is 0 Å². The number of H-pyrrole nitrogens is 1. The maximum atomic E-state index is 11.9. The van der Waals surface area contributed by atoms with Gasteiger partial charge in [-0.25, -0.2) is 18.1 Å². The fraction of sp³-hybridized carbons (Fsp3) is 0.700. The van der Waals surface area contributed by atoms with E-state index in [4.69, 9.17) is 5.73 Å². The third kappa shape index (κ3) is 3.52. The predicted molar refractivity (Wildman–Crippen MR) is 66.0 cm³/mol. The largest absolute Gasteiger partial charge is 0.332 e. The van der Waals surface area contributed by atoms with Gasteiger partial charge in [-0.3, -0.25) is 0 Å². The lowest BCUT2D eigenvalue weighted by molar-refractivity contribution is 0.391. The molecule has 1 heterocycles. The van der Waals surface area contributed by atoms with Crippen LogP contribution in [0.25, 0.3) is 0 Å². The van der Waals surface area contributed by atoms with Gasteiger partial charge in [0.25, 0.3) is 10.0 Å². The Morgan fingerprint density at radius 1 is 1.47 bits per heavy atom. The van der Waals surface area contributed by atoms with Crippen LogP contribution in [0.2, 0.25) is 0 Å². The molecular weight excluding hydrogens is 240 g/mol. The number of sulfonamides is 1. The molecule has 0 saturated heterocycles. The number of aromatic nitrogens is 2. The summed E-state index contributed by atoms with van der Waals surface area (Å²) < 4.78 is 26.3. The quantitative estimate of drug-likeness (QED) is 0.693.